The summed E-state index contributed by atoms with van der Waals surface area (Å²) < 4.78 is 0. The maximum Gasteiger partial charge on any atom is 0.227 e. The maximum absolute atomic E-state index is 12.2. The third-order valence-electron chi connectivity index (χ3n) is 3.35. The highest BCUT2D eigenvalue weighted by atomic mass is 35.5. The van der Waals surface area contributed by atoms with Gasteiger partial charge in [-0.15, -0.1) is 24.2 Å². The van der Waals surface area contributed by atoms with Crippen LogP contribution in [0.25, 0.3) is 0 Å². The van der Waals surface area contributed by atoms with Crippen LogP contribution < -0.4 is 11.1 Å². The highest BCUT2D eigenvalue weighted by Crippen LogP contribution is 2.31. The van der Waals surface area contributed by atoms with Crippen molar-refractivity contribution in [2.75, 3.05) is 5.32 Å². The Kier molecular flexibility index (Phi) is 6.86. The minimum atomic E-state index is 0. The van der Waals surface area contributed by atoms with Gasteiger partial charge in [0.25, 0.3) is 0 Å². The van der Waals surface area contributed by atoms with E-state index in [1.165, 1.54) is 0 Å². The number of para-hydroxylation sites is 1. The Morgan fingerprint density at radius 3 is 2.65 bits per heavy atom. The largest absolute Gasteiger partial charge is 0.328 e. The van der Waals surface area contributed by atoms with Gasteiger partial charge in [0.1, 0.15) is 0 Å². The number of halogens is 1. The topological polar surface area (TPSA) is 55.1 Å². The molecule has 0 heterocycles. The molecular weight excluding hydrogens is 292 g/mol. The molecule has 0 radical (unpaired) electrons. The van der Waals surface area contributed by atoms with Crippen LogP contribution in [0.3, 0.4) is 0 Å². The number of rotatable bonds is 4. The third kappa shape index (κ3) is 4.69. The van der Waals surface area contributed by atoms with E-state index in [0.717, 1.165) is 29.8 Å². The first kappa shape index (κ1) is 17.3. The maximum atomic E-state index is 12.2. The van der Waals surface area contributed by atoms with Gasteiger partial charge in [-0.2, -0.15) is 0 Å². The van der Waals surface area contributed by atoms with Crippen LogP contribution in [-0.4, -0.2) is 17.2 Å². The molecule has 0 spiro atoms. The fourth-order valence-electron chi connectivity index (χ4n) is 2.42. The van der Waals surface area contributed by atoms with Crippen molar-refractivity contribution in [2.24, 2.45) is 11.7 Å². The van der Waals surface area contributed by atoms with Gasteiger partial charge >= 0.3 is 0 Å². The lowest BCUT2D eigenvalue weighted by atomic mass is 10.1. The highest BCUT2D eigenvalue weighted by Gasteiger charge is 2.28. The van der Waals surface area contributed by atoms with Crippen LogP contribution in [0, 0.1) is 5.92 Å². The molecule has 2 rings (SSSR count). The number of amides is 1. The van der Waals surface area contributed by atoms with Gasteiger partial charge in [-0.25, -0.2) is 0 Å². The lowest BCUT2D eigenvalue weighted by Crippen LogP contribution is -2.23. The van der Waals surface area contributed by atoms with Crippen molar-refractivity contribution in [3.8, 4) is 0 Å². The average Bonchev–Trinajstić information content (AvgIpc) is 2.78. The molecule has 2 atom stereocenters. The van der Waals surface area contributed by atoms with E-state index in [-0.39, 0.29) is 30.3 Å². The monoisotopic (exact) mass is 314 g/mol. The Balaban J connectivity index is 0.00000200. The molecule has 0 bridgehead atoms. The normalized spacial score (nSPS) is 21.6. The van der Waals surface area contributed by atoms with Gasteiger partial charge in [0.2, 0.25) is 5.91 Å². The number of hydrogen-bond acceptors (Lipinski definition) is 3. The van der Waals surface area contributed by atoms with E-state index < -0.39 is 0 Å². The van der Waals surface area contributed by atoms with Crippen LogP contribution in [0.1, 0.15) is 33.1 Å². The summed E-state index contributed by atoms with van der Waals surface area (Å²) in [4.78, 5) is 13.4. The lowest BCUT2D eigenvalue weighted by Gasteiger charge is -2.15. The Hall–Kier alpha value is -0.710. The molecule has 0 saturated heterocycles. The summed E-state index contributed by atoms with van der Waals surface area (Å²) in [6.07, 6.45) is 2.68. The molecule has 1 saturated carbocycles. The van der Waals surface area contributed by atoms with Crippen LogP contribution >= 0.6 is 24.2 Å². The predicted octanol–water partition coefficient (Wildman–Crippen LogP) is 3.67. The Labute approximate surface area is 131 Å². The van der Waals surface area contributed by atoms with E-state index in [2.05, 4.69) is 25.2 Å². The van der Waals surface area contributed by atoms with Gasteiger partial charge in [-0.1, -0.05) is 26.0 Å². The van der Waals surface area contributed by atoms with Gasteiger partial charge in [0, 0.05) is 22.1 Å². The lowest BCUT2D eigenvalue weighted by molar-refractivity contribution is -0.119. The third-order valence-corrected chi connectivity index (χ3v) is 4.43. The summed E-state index contributed by atoms with van der Waals surface area (Å²) in [7, 11) is 0. The first-order valence-corrected chi connectivity index (χ1v) is 7.76. The Morgan fingerprint density at radius 1 is 1.35 bits per heavy atom. The van der Waals surface area contributed by atoms with Crippen molar-refractivity contribution in [2.45, 2.75) is 49.3 Å². The predicted molar refractivity (Wildman–Crippen MR) is 88.6 cm³/mol. The summed E-state index contributed by atoms with van der Waals surface area (Å²) in [5.41, 5.74) is 6.79. The Morgan fingerprint density at radius 2 is 2.05 bits per heavy atom. The zero-order valence-corrected chi connectivity index (χ0v) is 13.6. The molecule has 3 N–H and O–H groups in total. The second-order valence-corrected chi connectivity index (χ2v) is 7.04. The molecule has 112 valence electrons. The van der Waals surface area contributed by atoms with E-state index in [4.69, 9.17) is 5.73 Å². The van der Waals surface area contributed by atoms with Crippen molar-refractivity contribution >= 4 is 35.8 Å². The number of anilines is 1. The first-order chi connectivity index (χ1) is 9.06. The van der Waals surface area contributed by atoms with Gasteiger partial charge in [-0.3, -0.25) is 4.79 Å². The molecule has 1 aliphatic rings. The summed E-state index contributed by atoms with van der Waals surface area (Å²) in [5, 5.41) is 3.56. The van der Waals surface area contributed by atoms with Crippen molar-refractivity contribution in [1.29, 1.82) is 0 Å². The standard InChI is InChI=1S/C15H22N2OS.ClH/c1-10(2)19-14-6-4-3-5-13(14)17-15(18)11-7-8-12(16)9-11;/h3-6,10-12H,7-9,16H2,1-2H3,(H,17,18);1H. The van der Waals surface area contributed by atoms with Crippen molar-refractivity contribution in [3.63, 3.8) is 0 Å². The van der Waals surface area contributed by atoms with Gasteiger partial charge in [-0.05, 0) is 31.4 Å². The molecule has 1 aromatic carbocycles. The molecule has 1 amide bonds. The number of benzene rings is 1. The van der Waals surface area contributed by atoms with E-state index in [1.807, 2.05) is 18.2 Å². The highest BCUT2D eigenvalue weighted by molar-refractivity contribution is 8.00. The minimum absolute atomic E-state index is 0. The van der Waals surface area contributed by atoms with Gasteiger partial charge < -0.3 is 11.1 Å². The van der Waals surface area contributed by atoms with Crippen LogP contribution in [0.2, 0.25) is 0 Å². The van der Waals surface area contributed by atoms with Crippen LogP contribution in [0.15, 0.2) is 29.2 Å². The first-order valence-electron chi connectivity index (χ1n) is 6.88. The fourth-order valence-corrected chi connectivity index (χ4v) is 3.33. The molecule has 2 unspecified atom stereocenters. The number of carbonyl (C=O) groups excluding carboxylic acids is 1. The van der Waals surface area contributed by atoms with E-state index in [0.29, 0.717) is 5.25 Å². The van der Waals surface area contributed by atoms with Gasteiger partial charge in [0.15, 0.2) is 0 Å². The molecule has 3 nitrogen and oxygen atoms in total. The summed E-state index contributed by atoms with van der Waals surface area (Å²) in [5.74, 6) is 0.192. The number of thioether (sulfide) groups is 1. The zero-order chi connectivity index (χ0) is 13.8. The van der Waals surface area contributed by atoms with E-state index in [1.54, 1.807) is 11.8 Å². The molecular formula is C15H23ClN2OS. The van der Waals surface area contributed by atoms with Crippen LogP contribution in [0.4, 0.5) is 5.69 Å². The molecule has 0 aliphatic heterocycles. The van der Waals surface area contributed by atoms with Crippen molar-refractivity contribution in [3.05, 3.63) is 24.3 Å². The minimum Gasteiger partial charge on any atom is -0.328 e. The summed E-state index contributed by atoms with van der Waals surface area (Å²) >= 11 is 1.77. The molecule has 1 aliphatic carbocycles. The molecule has 1 fully saturated rings. The van der Waals surface area contributed by atoms with Crippen LogP contribution in [0.5, 0.6) is 0 Å². The summed E-state index contributed by atoms with van der Waals surface area (Å²) in [6, 6.07) is 8.18. The summed E-state index contributed by atoms with van der Waals surface area (Å²) in [6.45, 7) is 4.30. The smallest absolute Gasteiger partial charge is 0.227 e. The number of nitrogens with one attached hydrogen (secondary N) is 1. The quantitative estimate of drug-likeness (QED) is 0.834. The molecule has 5 heteroatoms. The Bertz CT molecular complexity index is 453. The SMILES string of the molecule is CC(C)Sc1ccccc1NC(=O)C1CCC(N)C1.Cl. The molecule has 0 aromatic heterocycles. The number of hydrogen-bond donors (Lipinski definition) is 2. The van der Waals surface area contributed by atoms with Crippen LogP contribution in [-0.2, 0) is 4.79 Å². The van der Waals surface area contributed by atoms with Crippen molar-refractivity contribution in [1.82, 2.24) is 0 Å². The molecule has 20 heavy (non-hydrogen) atoms. The fraction of sp³-hybridized carbons (Fsp3) is 0.533. The second kappa shape index (κ2) is 7.91. The zero-order valence-electron chi connectivity index (χ0n) is 12.0. The van der Waals surface area contributed by atoms with E-state index >= 15 is 0 Å². The number of nitrogens with two attached hydrogens (primary N) is 1. The van der Waals surface area contributed by atoms with Crippen molar-refractivity contribution < 1.29 is 4.79 Å². The van der Waals surface area contributed by atoms with E-state index in [9.17, 15) is 4.79 Å². The van der Waals surface area contributed by atoms with Gasteiger partial charge in [0.05, 0.1) is 5.69 Å². The average molecular weight is 315 g/mol. The second-order valence-electron chi connectivity index (χ2n) is 5.42. The molecule has 1 aromatic rings. The number of carbonyl (C=O) groups is 1.